The maximum Gasteiger partial charge on any atom is 0.136 e. The molecule has 0 unspecified atom stereocenters. The molecule has 49 heavy (non-hydrogen) atoms. The van der Waals surface area contributed by atoms with Gasteiger partial charge < -0.3 is 9.32 Å². The number of furan rings is 1. The average molecular weight is 628 g/mol. The Labute approximate surface area is 285 Å². The van der Waals surface area contributed by atoms with Crippen molar-refractivity contribution in [2.24, 2.45) is 0 Å². The van der Waals surface area contributed by atoms with Crippen LogP contribution in [0, 0.1) is 0 Å². The number of hydrogen-bond donors (Lipinski definition) is 0. The Kier molecular flexibility index (Phi) is 5.95. The molecule has 8 aromatic carbocycles. The van der Waals surface area contributed by atoms with E-state index in [1.807, 2.05) is 6.07 Å². The minimum absolute atomic E-state index is 0.107. The van der Waals surface area contributed by atoms with E-state index in [-0.39, 0.29) is 5.41 Å². The van der Waals surface area contributed by atoms with E-state index >= 15 is 0 Å². The molecule has 0 bridgehead atoms. The van der Waals surface area contributed by atoms with Gasteiger partial charge in [-0.3, -0.25) is 0 Å². The van der Waals surface area contributed by atoms with Crippen molar-refractivity contribution in [3.05, 3.63) is 175 Å². The molecule has 2 nitrogen and oxygen atoms in total. The zero-order chi connectivity index (χ0) is 32.7. The van der Waals surface area contributed by atoms with E-state index in [9.17, 15) is 0 Å². The number of nitrogens with zero attached hydrogens (tertiary/aromatic N) is 1. The Morgan fingerprint density at radius 2 is 1.14 bits per heavy atom. The largest absolute Gasteiger partial charge is 0.456 e. The van der Waals surface area contributed by atoms with Crippen molar-refractivity contribution in [3.8, 4) is 22.3 Å². The Morgan fingerprint density at radius 1 is 0.469 bits per heavy atom. The summed E-state index contributed by atoms with van der Waals surface area (Å²) in [6.45, 7) is 4.70. The summed E-state index contributed by atoms with van der Waals surface area (Å²) in [4.78, 5) is 2.46. The zero-order valence-corrected chi connectivity index (χ0v) is 27.4. The van der Waals surface area contributed by atoms with Crippen LogP contribution in [0.3, 0.4) is 0 Å². The molecule has 0 saturated heterocycles. The maximum atomic E-state index is 6.34. The lowest BCUT2D eigenvalue weighted by atomic mass is 9.82. The van der Waals surface area contributed by atoms with Gasteiger partial charge >= 0.3 is 0 Å². The summed E-state index contributed by atoms with van der Waals surface area (Å²) in [5, 5.41) is 7.17. The van der Waals surface area contributed by atoms with Crippen LogP contribution in [-0.2, 0) is 5.41 Å². The molecule has 0 amide bonds. The van der Waals surface area contributed by atoms with Gasteiger partial charge in [0.15, 0.2) is 0 Å². The molecule has 232 valence electrons. The van der Waals surface area contributed by atoms with Gasteiger partial charge in [-0.05, 0) is 91.8 Å². The van der Waals surface area contributed by atoms with Crippen molar-refractivity contribution < 1.29 is 4.42 Å². The quantitative estimate of drug-likeness (QED) is 0.193. The normalized spacial score (nSPS) is 13.3. The third-order valence-corrected chi connectivity index (χ3v) is 10.6. The number of fused-ring (bicyclic) bond motifs is 9. The highest BCUT2D eigenvalue weighted by Gasteiger charge is 2.37. The molecule has 1 aromatic heterocycles. The van der Waals surface area contributed by atoms with Gasteiger partial charge in [-0.2, -0.15) is 0 Å². The van der Waals surface area contributed by atoms with Crippen LogP contribution in [0.2, 0.25) is 0 Å². The van der Waals surface area contributed by atoms with Crippen LogP contribution in [0.25, 0.3) is 65.7 Å². The molecule has 0 fully saturated rings. The summed E-state index contributed by atoms with van der Waals surface area (Å²) in [6, 6.07) is 59.6. The minimum Gasteiger partial charge on any atom is -0.456 e. The highest BCUT2D eigenvalue weighted by Crippen LogP contribution is 2.54. The van der Waals surface area contributed by atoms with E-state index < -0.39 is 0 Å². The van der Waals surface area contributed by atoms with Gasteiger partial charge in [0.2, 0.25) is 0 Å². The van der Waals surface area contributed by atoms with Crippen LogP contribution in [0.5, 0.6) is 0 Å². The van der Waals surface area contributed by atoms with Crippen LogP contribution in [0.1, 0.15) is 25.0 Å². The molecule has 9 aromatic rings. The van der Waals surface area contributed by atoms with E-state index in [1.54, 1.807) is 0 Å². The number of rotatable bonds is 4. The summed E-state index contributed by atoms with van der Waals surface area (Å²) in [6.07, 6.45) is 0. The Hall–Kier alpha value is -6.12. The predicted octanol–water partition coefficient (Wildman–Crippen LogP) is 13.3. The van der Waals surface area contributed by atoms with Gasteiger partial charge in [0, 0.05) is 33.1 Å². The Bertz CT molecular complexity index is 2760. The van der Waals surface area contributed by atoms with E-state index in [2.05, 4.69) is 176 Å². The van der Waals surface area contributed by atoms with E-state index in [1.165, 1.54) is 60.6 Å². The van der Waals surface area contributed by atoms with Gasteiger partial charge in [-0.25, -0.2) is 0 Å². The van der Waals surface area contributed by atoms with Crippen molar-refractivity contribution in [2.45, 2.75) is 19.3 Å². The molecule has 0 atom stereocenters. The molecule has 1 aliphatic carbocycles. The third kappa shape index (κ3) is 4.14. The maximum absolute atomic E-state index is 6.34. The Balaban J connectivity index is 1.26. The number of benzene rings is 8. The second-order valence-electron chi connectivity index (χ2n) is 13.7. The van der Waals surface area contributed by atoms with Gasteiger partial charge in [-0.1, -0.05) is 135 Å². The summed E-state index contributed by atoms with van der Waals surface area (Å²) in [7, 11) is 0. The smallest absolute Gasteiger partial charge is 0.136 e. The topological polar surface area (TPSA) is 16.4 Å². The highest BCUT2D eigenvalue weighted by molar-refractivity contribution is 6.19. The molecule has 0 spiro atoms. The van der Waals surface area contributed by atoms with Crippen molar-refractivity contribution >= 4 is 60.5 Å². The number of hydrogen-bond acceptors (Lipinski definition) is 2. The summed E-state index contributed by atoms with van der Waals surface area (Å²) >= 11 is 0. The summed E-state index contributed by atoms with van der Waals surface area (Å²) in [5.41, 5.74) is 12.9. The minimum atomic E-state index is -0.107. The van der Waals surface area contributed by atoms with Crippen molar-refractivity contribution in [3.63, 3.8) is 0 Å². The monoisotopic (exact) mass is 627 g/mol. The lowest BCUT2D eigenvalue weighted by Gasteiger charge is -2.29. The first-order chi connectivity index (χ1) is 24.1. The fourth-order valence-electron chi connectivity index (χ4n) is 8.31. The van der Waals surface area contributed by atoms with E-state index in [0.717, 1.165) is 33.3 Å². The molecule has 0 N–H and O–H groups in total. The lowest BCUT2D eigenvalue weighted by molar-refractivity contribution is 0.660. The first-order valence-electron chi connectivity index (χ1n) is 17.0. The molecular formula is C47H33NO. The van der Waals surface area contributed by atoms with E-state index in [0.29, 0.717) is 0 Å². The van der Waals surface area contributed by atoms with Crippen LogP contribution < -0.4 is 4.90 Å². The molecule has 0 saturated carbocycles. The molecule has 2 heteroatoms. The molecule has 1 aliphatic rings. The second kappa shape index (κ2) is 10.4. The first-order valence-corrected chi connectivity index (χ1v) is 17.0. The van der Waals surface area contributed by atoms with Crippen LogP contribution >= 0.6 is 0 Å². The van der Waals surface area contributed by atoms with Gasteiger partial charge in [0.1, 0.15) is 11.2 Å². The SMILES string of the molecule is CC1(C)c2ccccc2-c2c(N(c3cccc(-c4cccc5ccccc45)c3)c3ccc4ccc5oc6ccccc6c5c4c3)cccc21. The van der Waals surface area contributed by atoms with Gasteiger partial charge in [0.05, 0.1) is 5.69 Å². The standard InChI is InChI=1S/C47H33NO/c1-47(2)40-20-7-5-17-37(40)46-41(47)21-11-22-42(46)48(33-15-9-14-32(28-33)36-19-10-13-30-12-3-4-16-35(30)36)34-26-24-31-25-27-44-45(39(31)29-34)38-18-6-8-23-43(38)49-44/h3-29H,1-2H3. The average Bonchev–Trinajstić information content (AvgIpc) is 3.64. The molecule has 0 aliphatic heterocycles. The van der Waals surface area contributed by atoms with Crippen LogP contribution in [0.4, 0.5) is 17.1 Å². The van der Waals surface area contributed by atoms with Crippen molar-refractivity contribution in [1.82, 2.24) is 0 Å². The second-order valence-corrected chi connectivity index (χ2v) is 13.7. The third-order valence-electron chi connectivity index (χ3n) is 10.6. The zero-order valence-electron chi connectivity index (χ0n) is 27.4. The van der Waals surface area contributed by atoms with E-state index in [4.69, 9.17) is 4.42 Å². The highest BCUT2D eigenvalue weighted by atomic mass is 16.3. The fourth-order valence-corrected chi connectivity index (χ4v) is 8.31. The number of para-hydroxylation sites is 1. The molecule has 1 heterocycles. The summed E-state index contributed by atoms with van der Waals surface area (Å²) in [5.74, 6) is 0. The van der Waals surface area contributed by atoms with Crippen molar-refractivity contribution in [1.29, 1.82) is 0 Å². The van der Waals surface area contributed by atoms with Gasteiger partial charge in [-0.15, -0.1) is 0 Å². The Morgan fingerprint density at radius 3 is 2.08 bits per heavy atom. The number of anilines is 3. The first kappa shape index (κ1) is 27.9. The van der Waals surface area contributed by atoms with Crippen molar-refractivity contribution in [2.75, 3.05) is 4.90 Å². The van der Waals surface area contributed by atoms with Crippen LogP contribution in [0.15, 0.2) is 168 Å². The lowest BCUT2D eigenvalue weighted by Crippen LogP contribution is -2.16. The molecule has 10 rings (SSSR count). The predicted molar refractivity (Wildman–Crippen MR) is 206 cm³/mol. The molecular weight excluding hydrogens is 595 g/mol. The van der Waals surface area contributed by atoms with Gasteiger partial charge in [0.25, 0.3) is 0 Å². The summed E-state index contributed by atoms with van der Waals surface area (Å²) < 4.78 is 6.34. The van der Waals surface area contributed by atoms with Crippen LogP contribution in [-0.4, -0.2) is 0 Å². The fraction of sp³-hybridized carbons (Fsp3) is 0.0638. The molecule has 0 radical (unpaired) electrons.